The number of hydrogen-bond acceptors (Lipinski definition) is 3. The number of anilines is 1. The Bertz CT molecular complexity index is 568. The first-order valence-electron chi connectivity index (χ1n) is 7.52. The number of nitrogens with zero attached hydrogens (tertiary/aromatic N) is 3. The molecule has 0 N–H and O–H groups in total. The highest BCUT2D eigenvalue weighted by Crippen LogP contribution is 2.19. The van der Waals surface area contributed by atoms with E-state index in [4.69, 9.17) is 0 Å². The van der Waals surface area contributed by atoms with Gasteiger partial charge in [-0.15, -0.1) is 0 Å². The van der Waals surface area contributed by atoms with Crippen LogP contribution in [0.1, 0.15) is 13.3 Å². The lowest BCUT2D eigenvalue weighted by molar-refractivity contribution is -0.135. The average Bonchev–Trinajstić information content (AvgIpc) is 2.56. The summed E-state index contributed by atoms with van der Waals surface area (Å²) in [6.45, 7) is 4.08. The predicted molar refractivity (Wildman–Crippen MR) is 91.0 cm³/mol. The lowest BCUT2D eigenvalue weighted by Gasteiger charge is -2.33. The Morgan fingerprint density at radius 3 is 2.30 bits per heavy atom. The van der Waals surface area contributed by atoms with E-state index in [1.54, 1.807) is 14.7 Å². The molecule has 1 aliphatic rings. The van der Waals surface area contributed by atoms with Gasteiger partial charge in [0.15, 0.2) is 0 Å². The van der Waals surface area contributed by atoms with Gasteiger partial charge in [-0.2, -0.15) is 0 Å². The zero-order valence-corrected chi connectivity index (χ0v) is 14.7. The van der Waals surface area contributed by atoms with Crippen LogP contribution in [-0.4, -0.2) is 60.7 Å². The van der Waals surface area contributed by atoms with Gasteiger partial charge in [-0.1, -0.05) is 15.9 Å². The van der Waals surface area contributed by atoms with Crippen molar-refractivity contribution in [3.63, 3.8) is 0 Å². The standard InChI is InChI=1S/C16H20BrN3O3/c1-13(22)20(15-4-2-14(17)3-5-15)7-6-16(23)19-10-8-18(12-21)9-11-19/h2-5,12H,6-11H2,1H3. The molecule has 1 aromatic rings. The lowest BCUT2D eigenvalue weighted by atomic mass is 10.2. The Morgan fingerprint density at radius 1 is 1.17 bits per heavy atom. The molecule has 2 rings (SSSR count). The van der Waals surface area contributed by atoms with E-state index in [0.29, 0.717) is 32.7 Å². The smallest absolute Gasteiger partial charge is 0.224 e. The van der Waals surface area contributed by atoms with E-state index in [1.165, 1.54) is 6.92 Å². The second-order valence-electron chi connectivity index (χ2n) is 5.42. The molecule has 0 bridgehead atoms. The number of benzene rings is 1. The van der Waals surface area contributed by atoms with Gasteiger partial charge in [-0.3, -0.25) is 14.4 Å². The van der Waals surface area contributed by atoms with Crippen LogP contribution in [0, 0.1) is 0 Å². The number of piperazine rings is 1. The Hall–Kier alpha value is -1.89. The van der Waals surface area contributed by atoms with Gasteiger partial charge in [0.2, 0.25) is 18.2 Å². The maximum absolute atomic E-state index is 12.3. The van der Waals surface area contributed by atoms with Crippen LogP contribution in [0.25, 0.3) is 0 Å². The maximum atomic E-state index is 12.3. The minimum atomic E-state index is -0.0918. The van der Waals surface area contributed by atoms with Gasteiger partial charge in [0.25, 0.3) is 0 Å². The first kappa shape index (κ1) is 17.5. The predicted octanol–water partition coefficient (Wildman–Crippen LogP) is 1.49. The second kappa shape index (κ2) is 8.10. The molecular formula is C16H20BrN3O3. The van der Waals surface area contributed by atoms with E-state index in [9.17, 15) is 14.4 Å². The fourth-order valence-corrected chi connectivity index (χ4v) is 2.80. The van der Waals surface area contributed by atoms with Gasteiger partial charge < -0.3 is 14.7 Å². The number of amides is 3. The molecule has 6 nitrogen and oxygen atoms in total. The summed E-state index contributed by atoms with van der Waals surface area (Å²) >= 11 is 3.36. The number of rotatable bonds is 5. The molecule has 1 fully saturated rings. The normalized spacial score (nSPS) is 14.5. The number of halogens is 1. The zero-order valence-electron chi connectivity index (χ0n) is 13.1. The second-order valence-corrected chi connectivity index (χ2v) is 6.33. The summed E-state index contributed by atoms with van der Waals surface area (Å²) in [5.74, 6) is -0.0789. The topological polar surface area (TPSA) is 60.9 Å². The third-order valence-electron chi connectivity index (χ3n) is 3.88. The Labute approximate surface area is 144 Å². The van der Waals surface area contributed by atoms with Crippen molar-refractivity contribution in [2.45, 2.75) is 13.3 Å². The highest BCUT2D eigenvalue weighted by atomic mass is 79.9. The van der Waals surface area contributed by atoms with E-state index < -0.39 is 0 Å². The van der Waals surface area contributed by atoms with Crippen LogP contribution >= 0.6 is 15.9 Å². The molecule has 0 unspecified atom stereocenters. The van der Waals surface area contributed by atoms with Crippen molar-refractivity contribution in [3.8, 4) is 0 Å². The van der Waals surface area contributed by atoms with Crippen LogP contribution in [0.15, 0.2) is 28.7 Å². The van der Waals surface area contributed by atoms with Crippen LogP contribution in [0.5, 0.6) is 0 Å². The van der Waals surface area contributed by atoms with Gasteiger partial charge in [-0.25, -0.2) is 0 Å². The van der Waals surface area contributed by atoms with E-state index >= 15 is 0 Å². The quantitative estimate of drug-likeness (QED) is 0.726. The molecule has 1 saturated heterocycles. The van der Waals surface area contributed by atoms with E-state index in [1.807, 2.05) is 24.3 Å². The summed E-state index contributed by atoms with van der Waals surface area (Å²) in [6.07, 6.45) is 1.09. The molecule has 1 aromatic carbocycles. The minimum absolute atomic E-state index is 0.0129. The maximum Gasteiger partial charge on any atom is 0.224 e. The van der Waals surface area contributed by atoms with Gasteiger partial charge in [0.05, 0.1) is 0 Å². The fraction of sp³-hybridized carbons (Fsp3) is 0.438. The van der Waals surface area contributed by atoms with Crippen LogP contribution in [-0.2, 0) is 14.4 Å². The van der Waals surface area contributed by atoms with Crippen molar-refractivity contribution in [2.75, 3.05) is 37.6 Å². The number of carbonyl (C=O) groups is 3. The summed E-state index contributed by atoms with van der Waals surface area (Å²) in [6, 6.07) is 7.43. The summed E-state index contributed by atoms with van der Waals surface area (Å²) in [7, 11) is 0. The molecule has 3 amide bonds. The Morgan fingerprint density at radius 2 is 1.78 bits per heavy atom. The Balaban J connectivity index is 1.91. The molecule has 124 valence electrons. The van der Waals surface area contributed by atoms with Crippen molar-refractivity contribution in [2.24, 2.45) is 0 Å². The van der Waals surface area contributed by atoms with E-state index in [0.717, 1.165) is 16.6 Å². The lowest BCUT2D eigenvalue weighted by Crippen LogP contribution is -2.48. The van der Waals surface area contributed by atoms with Crippen LogP contribution in [0.4, 0.5) is 5.69 Å². The molecule has 1 aliphatic heterocycles. The highest BCUT2D eigenvalue weighted by Gasteiger charge is 2.21. The Kier molecular flexibility index (Phi) is 6.15. The average molecular weight is 382 g/mol. The van der Waals surface area contributed by atoms with E-state index in [2.05, 4.69) is 15.9 Å². The minimum Gasteiger partial charge on any atom is -0.342 e. The summed E-state index contributed by atoms with van der Waals surface area (Å²) in [5.41, 5.74) is 0.777. The van der Waals surface area contributed by atoms with Crippen LogP contribution < -0.4 is 4.90 Å². The largest absolute Gasteiger partial charge is 0.342 e. The van der Waals surface area contributed by atoms with Crippen molar-refractivity contribution in [3.05, 3.63) is 28.7 Å². The molecule has 7 heteroatoms. The van der Waals surface area contributed by atoms with Gasteiger partial charge >= 0.3 is 0 Å². The molecule has 0 atom stereocenters. The van der Waals surface area contributed by atoms with Crippen molar-refractivity contribution >= 4 is 39.8 Å². The van der Waals surface area contributed by atoms with Crippen LogP contribution in [0.2, 0.25) is 0 Å². The summed E-state index contributed by atoms with van der Waals surface area (Å²) < 4.78 is 0.939. The first-order chi connectivity index (χ1) is 11.0. The molecule has 0 aromatic heterocycles. The fourth-order valence-electron chi connectivity index (χ4n) is 2.53. The van der Waals surface area contributed by atoms with Crippen molar-refractivity contribution in [1.29, 1.82) is 0 Å². The third kappa shape index (κ3) is 4.79. The zero-order chi connectivity index (χ0) is 16.8. The SMILES string of the molecule is CC(=O)N(CCC(=O)N1CCN(C=O)CC1)c1ccc(Br)cc1. The monoisotopic (exact) mass is 381 g/mol. The van der Waals surface area contributed by atoms with Crippen molar-refractivity contribution in [1.82, 2.24) is 9.80 Å². The van der Waals surface area contributed by atoms with Gasteiger partial charge in [0.1, 0.15) is 0 Å². The number of hydrogen-bond donors (Lipinski definition) is 0. The van der Waals surface area contributed by atoms with Gasteiger partial charge in [-0.05, 0) is 24.3 Å². The highest BCUT2D eigenvalue weighted by molar-refractivity contribution is 9.10. The molecule has 1 heterocycles. The summed E-state index contributed by atoms with van der Waals surface area (Å²) in [4.78, 5) is 39.8. The van der Waals surface area contributed by atoms with E-state index in [-0.39, 0.29) is 18.2 Å². The number of carbonyl (C=O) groups excluding carboxylic acids is 3. The molecule has 0 radical (unpaired) electrons. The van der Waals surface area contributed by atoms with Crippen molar-refractivity contribution < 1.29 is 14.4 Å². The molecular weight excluding hydrogens is 362 g/mol. The molecule has 0 saturated carbocycles. The van der Waals surface area contributed by atoms with Gasteiger partial charge in [0, 0.05) is 56.2 Å². The molecule has 0 aliphatic carbocycles. The molecule has 0 spiro atoms. The van der Waals surface area contributed by atoms with Crippen LogP contribution in [0.3, 0.4) is 0 Å². The third-order valence-corrected chi connectivity index (χ3v) is 4.41. The first-order valence-corrected chi connectivity index (χ1v) is 8.31. The summed E-state index contributed by atoms with van der Waals surface area (Å²) in [5, 5.41) is 0. The molecule has 23 heavy (non-hydrogen) atoms.